The summed E-state index contributed by atoms with van der Waals surface area (Å²) in [6.45, 7) is 2.93. The van der Waals surface area contributed by atoms with Gasteiger partial charge in [-0.25, -0.2) is 4.98 Å². The van der Waals surface area contributed by atoms with Crippen molar-refractivity contribution in [1.29, 1.82) is 0 Å². The zero-order chi connectivity index (χ0) is 16.1. The summed E-state index contributed by atoms with van der Waals surface area (Å²) in [6.07, 6.45) is 0.988. The number of rotatable bonds is 2. The van der Waals surface area contributed by atoms with Crippen LogP contribution in [-0.4, -0.2) is 36.8 Å². The Morgan fingerprint density at radius 2 is 2.12 bits per heavy atom. The Morgan fingerprint density at radius 3 is 3.00 bits per heavy atom. The van der Waals surface area contributed by atoms with E-state index in [-0.39, 0.29) is 0 Å². The maximum absolute atomic E-state index is 4.58. The van der Waals surface area contributed by atoms with Crippen LogP contribution in [0.4, 0.5) is 11.5 Å². The zero-order valence-electron chi connectivity index (χ0n) is 12.9. The van der Waals surface area contributed by atoms with Crippen LogP contribution >= 0.6 is 11.3 Å². The Hall–Kier alpha value is -2.87. The third kappa shape index (κ3) is 2.07. The molecule has 0 radical (unpaired) electrons. The first kappa shape index (κ1) is 13.6. The third-order valence-electron chi connectivity index (χ3n) is 4.22. The summed E-state index contributed by atoms with van der Waals surface area (Å²) < 4.78 is 1.46. The van der Waals surface area contributed by atoms with Gasteiger partial charge in [0.2, 0.25) is 0 Å². The smallest absolute Gasteiger partial charge is 0.200 e. The van der Waals surface area contributed by atoms with Crippen LogP contribution in [0.5, 0.6) is 0 Å². The van der Waals surface area contributed by atoms with Gasteiger partial charge in [0.1, 0.15) is 0 Å². The van der Waals surface area contributed by atoms with Gasteiger partial charge >= 0.3 is 0 Å². The highest BCUT2D eigenvalue weighted by Crippen LogP contribution is 2.36. The lowest BCUT2D eigenvalue weighted by atomic mass is 10.1. The average Bonchev–Trinajstić information content (AvgIpc) is 3.32. The van der Waals surface area contributed by atoms with E-state index in [1.807, 2.05) is 19.1 Å². The molecule has 0 unspecified atom stereocenters. The molecule has 118 valence electrons. The molecule has 0 aliphatic carbocycles. The Bertz CT molecular complexity index is 1050. The van der Waals surface area contributed by atoms with E-state index >= 15 is 0 Å². The van der Waals surface area contributed by atoms with Gasteiger partial charge in [0.15, 0.2) is 11.5 Å². The molecular weight excluding hydrogens is 322 g/mol. The quantitative estimate of drug-likeness (QED) is 0.561. The topological polar surface area (TPSA) is 72.1 Å². The monoisotopic (exact) mass is 335 g/mol. The first-order chi connectivity index (χ1) is 11.8. The summed E-state index contributed by atoms with van der Waals surface area (Å²) in [5.74, 6) is 0.853. The minimum Gasteiger partial charge on any atom is -0.324 e. The Balaban J connectivity index is 1.54. The van der Waals surface area contributed by atoms with Crippen molar-refractivity contribution in [3.8, 4) is 11.3 Å². The van der Waals surface area contributed by atoms with Crippen molar-refractivity contribution in [2.45, 2.75) is 13.3 Å². The summed E-state index contributed by atoms with van der Waals surface area (Å²) in [4.78, 5) is 6.78. The highest BCUT2D eigenvalue weighted by atomic mass is 32.1. The number of tetrazole rings is 1. The molecule has 1 aromatic carbocycles. The van der Waals surface area contributed by atoms with E-state index in [0.717, 1.165) is 29.5 Å². The SMILES string of the molecule is Cc1nc(-c2ccc3c(c2)CCN3c2ccc3nnnn3n2)cs1. The number of nitrogens with zero attached hydrogens (tertiary/aromatic N) is 7. The number of hydrogen-bond donors (Lipinski definition) is 0. The molecule has 0 N–H and O–H groups in total. The number of hydrogen-bond acceptors (Lipinski definition) is 7. The molecule has 8 heteroatoms. The molecular formula is C16H13N7S. The van der Waals surface area contributed by atoms with Crippen molar-refractivity contribution >= 4 is 28.5 Å². The molecule has 3 aromatic heterocycles. The van der Waals surface area contributed by atoms with E-state index in [9.17, 15) is 0 Å². The van der Waals surface area contributed by atoms with Crippen molar-refractivity contribution < 1.29 is 0 Å². The van der Waals surface area contributed by atoms with Crippen LogP contribution in [0.2, 0.25) is 0 Å². The number of aryl methyl sites for hydroxylation is 1. The molecule has 5 rings (SSSR count). The lowest BCUT2D eigenvalue weighted by Crippen LogP contribution is -2.16. The molecule has 7 nitrogen and oxygen atoms in total. The fourth-order valence-electron chi connectivity index (χ4n) is 3.08. The second kappa shape index (κ2) is 5.07. The average molecular weight is 335 g/mol. The molecule has 1 aliphatic rings. The van der Waals surface area contributed by atoms with E-state index in [2.05, 4.69) is 54.1 Å². The zero-order valence-corrected chi connectivity index (χ0v) is 13.7. The fourth-order valence-corrected chi connectivity index (χ4v) is 3.70. The van der Waals surface area contributed by atoms with E-state index in [0.29, 0.717) is 5.65 Å². The molecule has 0 bridgehead atoms. The van der Waals surface area contributed by atoms with Crippen molar-refractivity contribution in [1.82, 2.24) is 30.2 Å². The van der Waals surface area contributed by atoms with Crippen molar-refractivity contribution in [3.05, 3.63) is 46.3 Å². The standard InChI is InChI=1S/C16H13N7S/c1-10-17-13(9-24-10)11-2-3-14-12(8-11)6-7-22(14)16-5-4-15-18-20-21-23(15)19-16/h2-5,8-9H,6-7H2,1H3. The molecule has 0 saturated carbocycles. The van der Waals surface area contributed by atoms with Crippen molar-refractivity contribution in [2.24, 2.45) is 0 Å². The van der Waals surface area contributed by atoms with Crippen LogP contribution in [0, 0.1) is 6.92 Å². The number of fused-ring (bicyclic) bond motifs is 2. The van der Waals surface area contributed by atoms with E-state index in [4.69, 9.17) is 0 Å². The summed E-state index contributed by atoms with van der Waals surface area (Å²) in [7, 11) is 0. The van der Waals surface area contributed by atoms with Crippen molar-refractivity contribution in [3.63, 3.8) is 0 Å². The van der Waals surface area contributed by atoms with Crippen LogP contribution in [0.1, 0.15) is 10.6 Å². The predicted molar refractivity (Wildman–Crippen MR) is 91.6 cm³/mol. The molecule has 24 heavy (non-hydrogen) atoms. The Kier molecular flexibility index (Phi) is 2.86. The molecule has 0 atom stereocenters. The van der Waals surface area contributed by atoms with Gasteiger partial charge in [-0.15, -0.1) is 26.2 Å². The largest absolute Gasteiger partial charge is 0.324 e. The van der Waals surface area contributed by atoms with Gasteiger partial charge in [-0.1, -0.05) is 6.07 Å². The van der Waals surface area contributed by atoms with Crippen molar-refractivity contribution in [2.75, 3.05) is 11.4 Å². The van der Waals surface area contributed by atoms with Gasteiger partial charge in [0.25, 0.3) is 0 Å². The predicted octanol–water partition coefficient (Wildman–Crippen LogP) is 2.65. The minimum absolute atomic E-state index is 0.646. The normalized spacial score (nSPS) is 13.6. The fraction of sp³-hybridized carbons (Fsp3) is 0.188. The maximum atomic E-state index is 4.58. The Morgan fingerprint density at radius 1 is 1.17 bits per heavy atom. The lowest BCUT2D eigenvalue weighted by Gasteiger charge is -2.17. The van der Waals surface area contributed by atoms with Gasteiger partial charge in [0.05, 0.1) is 10.7 Å². The highest BCUT2D eigenvalue weighted by Gasteiger charge is 2.22. The second-order valence-electron chi connectivity index (χ2n) is 5.71. The molecule has 0 spiro atoms. The minimum atomic E-state index is 0.646. The van der Waals surface area contributed by atoms with E-state index in [1.165, 1.54) is 21.4 Å². The summed E-state index contributed by atoms with van der Waals surface area (Å²) in [5.41, 5.74) is 5.37. The van der Waals surface area contributed by atoms with Crippen LogP contribution in [0.15, 0.2) is 35.7 Å². The van der Waals surface area contributed by atoms with Crippen LogP contribution in [-0.2, 0) is 6.42 Å². The molecule has 1 aliphatic heterocycles. The van der Waals surface area contributed by atoms with E-state index in [1.54, 1.807) is 11.3 Å². The number of benzene rings is 1. The maximum Gasteiger partial charge on any atom is 0.200 e. The van der Waals surface area contributed by atoms with E-state index < -0.39 is 0 Å². The van der Waals surface area contributed by atoms with Gasteiger partial charge in [-0.05, 0) is 53.6 Å². The van der Waals surface area contributed by atoms with Crippen LogP contribution in [0.3, 0.4) is 0 Å². The van der Waals surface area contributed by atoms with Gasteiger partial charge in [-0.2, -0.15) is 0 Å². The summed E-state index contributed by atoms with van der Waals surface area (Å²) in [6, 6.07) is 10.4. The molecule has 0 amide bonds. The summed E-state index contributed by atoms with van der Waals surface area (Å²) >= 11 is 1.68. The second-order valence-corrected chi connectivity index (χ2v) is 6.78. The number of aromatic nitrogens is 6. The highest BCUT2D eigenvalue weighted by molar-refractivity contribution is 7.09. The molecule has 0 fully saturated rings. The molecule has 0 saturated heterocycles. The number of thiazole rings is 1. The molecule has 4 heterocycles. The van der Waals surface area contributed by atoms with Gasteiger partial charge in [0, 0.05) is 23.2 Å². The van der Waals surface area contributed by atoms with Gasteiger partial charge in [-0.3, -0.25) is 0 Å². The lowest BCUT2D eigenvalue weighted by molar-refractivity contribution is 0.728. The van der Waals surface area contributed by atoms with Crippen LogP contribution in [0.25, 0.3) is 16.9 Å². The van der Waals surface area contributed by atoms with Crippen LogP contribution < -0.4 is 4.90 Å². The first-order valence-corrected chi connectivity index (χ1v) is 8.54. The van der Waals surface area contributed by atoms with Gasteiger partial charge < -0.3 is 4.90 Å². The first-order valence-electron chi connectivity index (χ1n) is 7.66. The summed E-state index contributed by atoms with van der Waals surface area (Å²) in [5, 5.41) is 19.1. The Labute approximate surface area is 141 Å². The number of anilines is 2. The third-order valence-corrected chi connectivity index (χ3v) is 5.00. The molecule has 4 aromatic rings.